The summed E-state index contributed by atoms with van der Waals surface area (Å²) >= 11 is 0. The third kappa shape index (κ3) is 3.19. The summed E-state index contributed by atoms with van der Waals surface area (Å²) in [4.78, 5) is 17.8. The molecule has 0 aliphatic carbocycles. The number of aromatic nitrogens is 1. The van der Waals surface area contributed by atoms with Crippen LogP contribution in [0.15, 0.2) is 24.4 Å². The molecular weight excluding hydrogens is 264 g/mol. The van der Waals surface area contributed by atoms with Crippen LogP contribution in [0.5, 0.6) is 0 Å². The van der Waals surface area contributed by atoms with Gasteiger partial charge in [0, 0.05) is 35.9 Å². The van der Waals surface area contributed by atoms with E-state index in [0.717, 1.165) is 30.5 Å². The molecule has 3 rings (SSSR count). The third-order valence-electron chi connectivity index (χ3n) is 4.11. The number of fused-ring (bicyclic) bond motifs is 1. The third-order valence-corrected chi connectivity index (χ3v) is 4.11. The number of hydrogen-bond donors (Lipinski definition) is 3. The first-order valence-corrected chi connectivity index (χ1v) is 7.61. The number of rotatable bonds is 4. The zero-order chi connectivity index (χ0) is 14.7. The SMILES string of the molecule is Nc1ccc2c(C(=O)NCCN3CCCCC3)c[nH]c2c1. The molecule has 1 fully saturated rings. The summed E-state index contributed by atoms with van der Waals surface area (Å²) in [6.45, 7) is 3.94. The van der Waals surface area contributed by atoms with Gasteiger partial charge in [-0.25, -0.2) is 0 Å². The van der Waals surface area contributed by atoms with Crippen molar-refractivity contribution >= 4 is 22.5 Å². The molecule has 1 aliphatic rings. The van der Waals surface area contributed by atoms with E-state index in [1.807, 2.05) is 18.2 Å². The first kappa shape index (κ1) is 13.9. The van der Waals surface area contributed by atoms with Gasteiger partial charge in [0.05, 0.1) is 5.56 Å². The Morgan fingerprint density at radius 2 is 2.10 bits per heavy atom. The van der Waals surface area contributed by atoms with Crippen molar-refractivity contribution in [1.29, 1.82) is 0 Å². The van der Waals surface area contributed by atoms with Crippen LogP contribution in [0.1, 0.15) is 29.6 Å². The van der Waals surface area contributed by atoms with E-state index in [9.17, 15) is 4.79 Å². The molecule has 0 saturated carbocycles. The lowest BCUT2D eigenvalue weighted by molar-refractivity contribution is 0.0948. The lowest BCUT2D eigenvalue weighted by Crippen LogP contribution is -2.37. The zero-order valence-electron chi connectivity index (χ0n) is 12.2. The molecule has 2 heterocycles. The van der Waals surface area contributed by atoms with Crippen LogP contribution in [0.2, 0.25) is 0 Å². The molecule has 5 nitrogen and oxygen atoms in total. The predicted octanol–water partition coefficient (Wildman–Crippen LogP) is 1.97. The zero-order valence-corrected chi connectivity index (χ0v) is 12.2. The number of nitrogen functional groups attached to an aromatic ring is 1. The molecule has 1 saturated heterocycles. The van der Waals surface area contributed by atoms with Gasteiger partial charge in [-0.05, 0) is 44.1 Å². The van der Waals surface area contributed by atoms with Crippen molar-refractivity contribution in [2.24, 2.45) is 0 Å². The minimum Gasteiger partial charge on any atom is -0.399 e. The monoisotopic (exact) mass is 286 g/mol. The van der Waals surface area contributed by atoms with Crippen LogP contribution in [-0.2, 0) is 0 Å². The van der Waals surface area contributed by atoms with Crippen molar-refractivity contribution in [2.75, 3.05) is 31.9 Å². The van der Waals surface area contributed by atoms with Gasteiger partial charge in [-0.15, -0.1) is 0 Å². The van der Waals surface area contributed by atoms with Crippen LogP contribution < -0.4 is 11.1 Å². The molecular formula is C16H22N4O. The van der Waals surface area contributed by atoms with Crippen molar-refractivity contribution in [1.82, 2.24) is 15.2 Å². The summed E-state index contributed by atoms with van der Waals surface area (Å²) in [7, 11) is 0. The first-order chi connectivity index (χ1) is 10.2. The number of nitrogens with two attached hydrogens (primary N) is 1. The number of likely N-dealkylation sites (tertiary alicyclic amines) is 1. The number of amides is 1. The maximum Gasteiger partial charge on any atom is 0.253 e. The lowest BCUT2D eigenvalue weighted by Gasteiger charge is -2.26. The van der Waals surface area contributed by atoms with Gasteiger partial charge in [0.25, 0.3) is 5.91 Å². The molecule has 1 aliphatic heterocycles. The molecule has 0 unspecified atom stereocenters. The van der Waals surface area contributed by atoms with Gasteiger partial charge in [0.15, 0.2) is 0 Å². The molecule has 5 heteroatoms. The second-order valence-electron chi connectivity index (χ2n) is 5.67. The molecule has 0 spiro atoms. The maximum absolute atomic E-state index is 12.3. The predicted molar refractivity (Wildman–Crippen MR) is 85.3 cm³/mol. The molecule has 0 bridgehead atoms. The smallest absolute Gasteiger partial charge is 0.253 e. The number of benzene rings is 1. The topological polar surface area (TPSA) is 74.2 Å². The average molecular weight is 286 g/mol. The number of anilines is 1. The van der Waals surface area contributed by atoms with E-state index < -0.39 is 0 Å². The fourth-order valence-electron chi connectivity index (χ4n) is 2.94. The van der Waals surface area contributed by atoms with Gasteiger partial charge < -0.3 is 20.9 Å². The number of aromatic amines is 1. The van der Waals surface area contributed by atoms with Crippen LogP contribution >= 0.6 is 0 Å². The van der Waals surface area contributed by atoms with Gasteiger partial charge in [0.1, 0.15) is 0 Å². The van der Waals surface area contributed by atoms with Crippen LogP contribution in [-0.4, -0.2) is 42.0 Å². The summed E-state index contributed by atoms with van der Waals surface area (Å²) < 4.78 is 0. The fraction of sp³-hybridized carbons (Fsp3) is 0.438. The first-order valence-electron chi connectivity index (χ1n) is 7.61. The van der Waals surface area contributed by atoms with E-state index in [1.165, 1.54) is 19.3 Å². The molecule has 21 heavy (non-hydrogen) atoms. The van der Waals surface area contributed by atoms with E-state index in [2.05, 4.69) is 15.2 Å². The van der Waals surface area contributed by atoms with E-state index in [1.54, 1.807) is 6.20 Å². The summed E-state index contributed by atoms with van der Waals surface area (Å²) in [5.74, 6) is -0.0250. The number of hydrogen-bond acceptors (Lipinski definition) is 3. The number of carbonyl (C=O) groups is 1. The van der Waals surface area contributed by atoms with Crippen LogP contribution in [0.25, 0.3) is 10.9 Å². The molecule has 2 aromatic rings. The molecule has 1 aromatic carbocycles. The maximum atomic E-state index is 12.3. The Morgan fingerprint density at radius 3 is 2.90 bits per heavy atom. The van der Waals surface area contributed by atoms with Gasteiger partial charge in [0.2, 0.25) is 0 Å². The quantitative estimate of drug-likeness (QED) is 0.752. The fourth-order valence-corrected chi connectivity index (χ4v) is 2.94. The molecule has 4 N–H and O–H groups in total. The molecule has 0 radical (unpaired) electrons. The van der Waals surface area contributed by atoms with Crippen LogP contribution in [0.3, 0.4) is 0 Å². The van der Waals surface area contributed by atoms with E-state index >= 15 is 0 Å². The number of nitrogens with one attached hydrogen (secondary N) is 2. The number of H-pyrrole nitrogens is 1. The largest absolute Gasteiger partial charge is 0.399 e. The summed E-state index contributed by atoms with van der Waals surface area (Å²) in [5, 5.41) is 3.92. The van der Waals surface area contributed by atoms with Crippen molar-refractivity contribution in [3.63, 3.8) is 0 Å². The molecule has 1 amide bonds. The summed E-state index contributed by atoms with van der Waals surface area (Å²) in [5.41, 5.74) is 8.02. The van der Waals surface area contributed by atoms with Crippen molar-refractivity contribution in [2.45, 2.75) is 19.3 Å². The highest BCUT2D eigenvalue weighted by atomic mass is 16.1. The van der Waals surface area contributed by atoms with Gasteiger partial charge in [-0.1, -0.05) is 6.42 Å². The Labute approximate surface area is 124 Å². The standard InChI is InChI=1S/C16H22N4O/c17-12-4-5-13-14(11-19-15(13)10-12)16(21)18-6-9-20-7-2-1-3-8-20/h4-5,10-11,19H,1-3,6-9,17H2,(H,18,21). The second-order valence-corrected chi connectivity index (χ2v) is 5.67. The van der Waals surface area contributed by atoms with Gasteiger partial charge in [-0.2, -0.15) is 0 Å². The number of nitrogens with zero attached hydrogens (tertiary/aromatic N) is 1. The Kier molecular flexibility index (Phi) is 4.10. The second kappa shape index (κ2) is 6.18. The van der Waals surface area contributed by atoms with Crippen molar-refractivity contribution < 1.29 is 4.79 Å². The van der Waals surface area contributed by atoms with E-state index in [4.69, 9.17) is 5.73 Å². The normalized spacial score (nSPS) is 16.2. The Morgan fingerprint density at radius 1 is 1.29 bits per heavy atom. The Balaban J connectivity index is 1.59. The van der Waals surface area contributed by atoms with Gasteiger partial charge >= 0.3 is 0 Å². The minimum absolute atomic E-state index is 0.0250. The van der Waals surface area contributed by atoms with Crippen molar-refractivity contribution in [3.05, 3.63) is 30.0 Å². The lowest BCUT2D eigenvalue weighted by atomic mass is 10.1. The summed E-state index contributed by atoms with van der Waals surface area (Å²) in [6.07, 6.45) is 5.64. The minimum atomic E-state index is -0.0250. The van der Waals surface area contributed by atoms with E-state index in [-0.39, 0.29) is 5.91 Å². The van der Waals surface area contributed by atoms with E-state index in [0.29, 0.717) is 17.8 Å². The van der Waals surface area contributed by atoms with Crippen LogP contribution in [0.4, 0.5) is 5.69 Å². The molecule has 0 atom stereocenters. The highest BCUT2D eigenvalue weighted by molar-refractivity contribution is 6.07. The van der Waals surface area contributed by atoms with Gasteiger partial charge in [-0.3, -0.25) is 4.79 Å². The van der Waals surface area contributed by atoms with Crippen LogP contribution in [0, 0.1) is 0 Å². The number of carbonyl (C=O) groups excluding carboxylic acids is 1. The Hall–Kier alpha value is -2.01. The van der Waals surface area contributed by atoms with Crippen molar-refractivity contribution in [3.8, 4) is 0 Å². The highest BCUT2D eigenvalue weighted by Gasteiger charge is 2.13. The average Bonchev–Trinajstić information content (AvgIpc) is 2.91. The highest BCUT2D eigenvalue weighted by Crippen LogP contribution is 2.20. The summed E-state index contributed by atoms with van der Waals surface area (Å²) in [6, 6.07) is 5.56. The number of piperidine rings is 1. The molecule has 1 aromatic heterocycles. The molecule has 112 valence electrons. The Bertz CT molecular complexity index is 628.